The van der Waals surface area contributed by atoms with Crippen LogP contribution in [0.25, 0.3) is 22.0 Å². The molecule has 1 aromatic heterocycles. The first-order valence-electron chi connectivity index (χ1n) is 12.4. The number of para-hydroxylation sites is 1. The maximum absolute atomic E-state index is 13.5. The predicted octanol–water partition coefficient (Wildman–Crippen LogP) is 3.96. The zero-order valence-corrected chi connectivity index (χ0v) is 20.1. The zero-order valence-electron chi connectivity index (χ0n) is 20.1. The second-order valence-corrected chi connectivity index (χ2v) is 9.59. The highest BCUT2D eigenvalue weighted by Gasteiger charge is 2.42. The lowest BCUT2D eigenvalue weighted by Crippen LogP contribution is -2.66. The van der Waals surface area contributed by atoms with Crippen molar-refractivity contribution in [2.45, 2.75) is 19.1 Å². The molecule has 0 saturated carbocycles. The summed E-state index contributed by atoms with van der Waals surface area (Å²) in [6.07, 6.45) is 1.82. The van der Waals surface area contributed by atoms with Crippen molar-refractivity contribution in [3.05, 3.63) is 102 Å². The lowest BCUT2D eigenvalue weighted by Gasteiger charge is -2.46. The molecule has 6 nitrogen and oxygen atoms in total. The molecule has 0 radical (unpaired) electrons. The number of piperazine rings is 2. The second-order valence-electron chi connectivity index (χ2n) is 9.59. The number of carbonyl (C=O) groups excluding carboxylic acids is 2. The monoisotopic (exact) mass is 476 g/mol. The van der Waals surface area contributed by atoms with Crippen LogP contribution in [-0.4, -0.2) is 63.7 Å². The standard InChI is InChI=1S/C30H28N4O2/c35-28-21-33(18-22-11-13-24(14-12-22)23-6-2-1-3-7-23)30(36)27-20-32(16-17-34(27)28)19-26-9-4-8-25-10-5-15-31-29(25)26/h1-15,27H,16-21H2. The molecule has 6 rings (SSSR count). The number of hydrogen-bond donors (Lipinski definition) is 0. The second kappa shape index (κ2) is 9.55. The summed E-state index contributed by atoms with van der Waals surface area (Å²) in [5.74, 6) is 0.0643. The Morgan fingerprint density at radius 3 is 2.39 bits per heavy atom. The summed E-state index contributed by atoms with van der Waals surface area (Å²) in [4.78, 5) is 36.8. The molecule has 0 bridgehead atoms. The summed E-state index contributed by atoms with van der Waals surface area (Å²) >= 11 is 0. The van der Waals surface area contributed by atoms with Gasteiger partial charge >= 0.3 is 0 Å². The Morgan fingerprint density at radius 2 is 1.56 bits per heavy atom. The van der Waals surface area contributed by atoms with Gasteiger partial charge in [0, 0.05) is 44.3 Å². The van der Waals surface area contributed by atoms with E-state index in [1.54, 1.807) is 9.80 Å². The molecule has 1 unspecified atom stereocenters. The van der Waals surface area contributed by atoms with E-state index in [9.17, 15) is 9.59 Å². The lowest BCUT2D eigenvalue weighted by molar-refractivity contribution is -0.160. The third kappa shape index (κ3) is 4.36. The van der Waals surface area contributed by atoms with E-state index in [0.29, 0.717) is 26.2 Å². The van der Waals surface area contributed by atoms with Gasteiger partial charge in [-0.05, 0) is 28.3 Å². The number of pyridine rings is 1. The van der Waals surface area contributed by atoms with Gasteiger partial charge in [0.1, 0.15) is 12.6 Å². The van der Waals surface area contributed by atoms with Crippen LogP contribution >= 0.6 is 0 Å². The largest absolute Gasteiger partial charge is 0.327 e. The van der Waals surface area contributed by atoms with E-state index in [-0.39, 0.29) is 18.4 Å². The van der Waals surface area contributed by atoms with E-state index < -0.39 is 6.04 Å². The number of amides is 2. The summed E-state index contributed by atoms with van der Waals surface area (Å²) < 4.78 is 0. The summed E-state index contributed by atoms with van der Waals surface area (Å²) in [6.45, 7) is 3.16. The minimum Gasteiger partial charge on any atom is -0.327 e. The van der Waals surface area contributed by atoms with Crippen LogP contribution in [0.1, 0.15) is 11.1 Å². The van der Waals surface area contributed by atoms with Crippen molar-refractivity contribution < 1.29 is 9.59 Å². The molecule has 0 spiro atoms. The predicted molar refractivity (Wildman–Crippen MR) is 140 cm³/mol. The number of benzene rings is 3. The number of fused-ring (bicyclic) bond motifs is 2. The third-order valence-corrected chi connectivity index (χ3v) is 7.25. The molecule has 2 saturated heterocycles. The molecule has 36 heavy (non-hydrogen) atoms. The van der Waals surface area contributed by atoms with E-state index in [2.05, 4.69) is 58.4 Å². The first-order valence-corrected chi connectivity index (χ1v) is 12.4. The van der Waals surface area contributed by atoms with Gasteiger partial charge in [0.15, 0.2) is 0 Å². The van der Waals surface area contributed by atoms with Gasteiger partial charge in [-0.2, -0.15) is 0 Å². The Labute approximate surface area is 210 Å². The fourth-order valence-electron chi connectivity index (χ4n) is 5.36. The maximum atomic E-state index is 13.5. The highest BCUT2D eigenvalue weighted by atomic mass is 16.2. The molecule has 0 N–H and O–H groups in total. The van der Waals surface area contributed by atoms with Crippen molar-refractivity contribution in [1.82, 2.24) is 19.7 Å². The number of carbonyl (C=O) groups is 2. The first-order chi connectivity index (χ1) is 17.7. The zero-order chi connectivity index (χ0) is 24.5. The van der Waals surface area contributed by atoms with E-state index in [1.165, 1.54) is 0 Å². The quantitative estimate of drug-likeness (QED) is 0.438. The molecular weight excluding hydrogens is 448 g/mol. The Bertz CT molecular complexity index is 1400. The molecule has 6 heteroatoms. The maximum Gasteiger partial charge on any atom is 0.247 e. The Balaban J connectivity index is 1.16. The molecule has 2 aliphatic heterocycles. The molecule has 2 aliphatic rings. The molecule has 4 aromatic rings. The fourth-order valence-corrected chi connectivity index (χ4v) is 5.36. The smallest absolute Gasteiger partial charge is 0.247 e. The van der Waals surface area contributed by atoms with Crippen LogP contribution in [0.4, 0.5) is 0 Å². The molecule has 3 heterocycles. The van der Waals surface area contributed by atoms with Crippen LogP contribution in [-0.2, 0) is 22.7 Å². The molecule has 1 atom stereocenters. The van der Waals surface area contributed by atoms with Gasteiger partial charge in [-0.1, -0.05) is 78.9 Å². The van der Waals surface area contributed by atoms with Crippen LogP contribution in [0, 0.1) is 0 Å². The lowest BCUT2D eigenvalue weighted by atomic mass is 10.0. The van der Waals surface area contributed by atoms with Gasteiger partial charge in [0.25, 0.3) is 0 Å². The van der Waals surface area contributed by atoms with Crippen LogP contribution in [0.5, 0.6) is 0 Å². The Kier molecular flexibility index (Phi) is 5.95. The molecule has 0 aliphatic carbocycles. The summed E-state index contributed by atoms with van der Waals surface area (Å²) in [5, 5.41) is 1.11. The molecule has 3 aromatic carbocycles. The molecule has 180 valence electrons. The fraction of sp³-hybridized carbons (Fsp3) is 0.233. The minimum absolute atomic E-state index is 0.0301. The third-order valence-electron chi connectivity index (χ3n) is 7.25. The van der Waals surface area contributed by atoms with Crippen LogP contribution < -0.4 is 0 Å². The van der Waals surface area contributed by atoms with Crippen molar-refractivity contribution in [2.75, 3.05) is 26.2 Å². The van der Waals surface area contributed by atoms with Crippen molar-refractivity contribution in [3.63, 3.8) is 0 Å². The Hall–Kier alpha value is -4.03. The summed E-state index contributed by atoms with van der Waals surface area (Å²) in [6, 6.07) is 28.3. The number of hydrogen-bond acceptors (Lipinski definition) is 4. The average molecular weight is 477 g/mol. The van der Waals surface area contributed by atoms with Gasteiger partial charge in [0.05, 0.1) is 5.52 Å². The molecular formula is C30H28N4O2. The van der Waals surface area contributed by atoms with Crippen molar-refractivity contribution in [1.29, 1.82) is 0 Å². The summed E-state index contributed by atoms with van der Waals surface area (Å²) in [7, 11) is 0. The highest BCUT2D eigenvalue weighted by molar-refractivity contribution is 5.95. The number of nitrogens with zero attached hydrogens (tertiary/aromatic N) is 4. The number of aromatic nitrogens is 1. The van der Waals surface area contributed by atoms with Gasteiger partial charge in [-0.3, -0.25) is 19.5 Å². The van der Waals surface area contributed by atoms with Gasteiger partial charge in [-0.25, -0.2) is 0 Å². The first kappa shape index (κ1) is 22.4. The van der Waals surface area contributed by atoms with E-state index >= 15 is 0 Å². The van der Waals surface area contributed by atoms with E-state index in [0.717, 1.165) is 39.7 Å². The highest BCUT2D eigenvalue weighted by Crippen LogP contribution is 2.24. The van der Waals surface area contributed by atoms with Gasteiger partial charge < -0.3 is 9.80 Å². The van der Waals surface area contributed by atoms with Crippen molar-refractivity contribution >= 4 is 22.7 Å². The summed E-state index contributed by atoms with van der Waals surface area (Å²) in [5.41, 5.74) is 5.46. The normalized spacial score (nSPS) is 18.5. The minimum atomic E-state index is -0.438. The van der Waals surface area contributed by atoms with E-state index in [4.69, 9.17) is 0 Å². The molecule has 2 amide bonds. The topological polar surface area (TPSA) is 56.8 Å². The molecule has 2 fully saturated rings. The van der Waals surface area contributed by atoms with Crippen LogP contribution in [0.15, 0.2) is 91.1 Å². The van der Waals surface area contributed by atoms with E-state index in [1.807, 2.05) is 42.6 Å². The van der Waals surface area contributed by atoms with Crippen LogP contribution in [0.2, 0.25) is 0 Å². The Morgan fingerprint density at radius 1 is 0.778 bits per heavy atom. The van der Waals surface area contributed by atoms with Gasteiger partial charge in [0.2, 0.25) is 11.8 Å². The van der Waals surface area contributed by atoms with Crippen molar-refractivity contribution in [2.24, 2.45) is 0 Å². The SMILES string of the molecule is O=C1C2CN(Cc3cccc4cccnc34)CCN2C(=O)CN1Cc1ccc(-c2ccccc2)cc1. The van der Waals surface area contributed by atoms with Gasteiger partial charge in [-0.15, -0.1) is 0 Å². The number of rotatable bonds is 5. The van der Waals surface area contributed by atoms with Crippen molar-refractivity contribution in [3.8, 4) is 11.1 Å². The average Bonchev–Trinajstić information content (AvgIpc) is 2.93. The van der Waals surface area contributed by atoms with Crippen LogP contribution in [0.3, 0.4) is 0 Å².